The van der Waals surface area contributed by atoms with Gasteiger partial charge in [0.05, 0.1) is 0 Å². The van der Waals surface area contributed by atoms with Crippen molar-refractivity contribution in [3.63, 3.8) is 0 Å². The van der Waals surface area contributed by atoms with Gasteiger partial charge in [-0.1, -0.05) is 30.7 Å². The number of nitrogens with two attached hydrogens (primary N) is 1. The number of carbonyl (C=O) groups is 1. The standard InChI is InChI=1S/C17H17ClFNO/c1-11(12-2-5-15(20)6-3-12)8-16(21)10-13-9-14(19)4-7-17(13)18/h2-7,9,11H,8,10,20H2,1H3. The van der Waals surface area contributed by atoms with E-state index in [9.17, 15) is 9.18 Å². The second-order valence-corrected chi connectivity index (χ2v) is 5.63. The van der Waals surface area contributed by atoms with Crippen molar-refractivity contribution in [2.24, 2.45) is 0 Å². The molecule has 110 valence electrons. The molecule has 1 atom stereocenters. The molecule has 0 radical (unpaired) electrons. The number of anilines is 1. The number of benzene rings is 2. The molecule has 0 aliphatic carbocycles. The smallest absolute Gasteiger partial charge is 0.137 e. The zero-order valence-electron chi connectivity index (χ0n) is 11.8. The van der Waals surface area contributed by atoms with Gasteiger partial charge in [-0.15, -0.1) is 0 Å². The van der Waals surface area contributed by atoms with Crippen molar-refractivity contribution in [3.8, 4) is 0 Å². The average Bonchev–Trinajstić information content (AvgIpc) is 2.43. The Kier molecular flexibility index (Phi) is 4.97. The van der Waals surface area contributed by atoms with Gasteiger partial charge in [-0.25, -0.2) is 4.39 Å². The fraction of sp³-hybridized carbons (Fsp3) is 0.235. The number of ketones is 1. The molecule has 0 aliphatic rings. The Morgan fingerprint density at radius 1 is 1.24 bits per heavy atom. The molecule has 2 aromatic carbocycles. The van der Waals surface area contributed by atoms with Gasteiger partial charge in [0.25, 0.3) is 0 Å². The van der Waals surface area contributed by atoms with Gasteiger partial charge < -0.3 is 5.73 Å². The van der Waals surface area contributed by atoms with E-state index in [0.29, 0.717) is 22.7 Å². The number of hydrogen-bond donors (Lipinski definition) is 1. The number of halogens is 2. The Balaban J connectivity index is 2.01. The molecular formula is C17H17ClFNO. The second-order valence-electron chi connectivity index (χ2n) is 5.22. The van der Waals surface area contributed by atoms with Crippen molar-refractivity contribution in [1.29, 1.82) is 0 Å². The third-order valence-corrected chi connectivity index (χ3v) is 3.80. The minimum atomic E-state index is -0.381. The monoisotopic (exact) mass is 305 g/mol. The molecule has 0 aliphatic heterocycles. The lowest BCUT2D eigenvalue weighted by atomic mass is 9.93. The highest BCUT2D eigenvalue weighted by atomic mass is 35.5. The first-order chi connectivity index (χ1) is 9.95. The van der Waals surface area contributed by atoms with Gasteiger partial charge in [-0.2, -0.15) is 0 Å². The van der Waals surface area contributed by atoms with Crippen LogP contribution >= 0.6 is 11.6 Å². The summed E-state index contributed by atoms with van der Waals surface area (Å²) in [5, 5.41) is 0.421. The highest BCUT2D eigenvalue weighted by Crippen LogP contribution is 2.23. The van der Waals surface area contributed by atoms with Crippen LogP contribution in [0, 0.1) is 5.82 Å². The van der Waals surface area contributed by atoms with E-state index < -0.39 is 0 Å². The Labute approximate surface area is 128 Å². The molecule has 2 rings (SSSR count). The number of carbonyl (C=O) groups excluding carboxylic acids is 1. The number of nitrogen functional groups attached to an aromatic ring is 1. The predicted molar refractivity (Wildman–Crippen MR) is 84.0 cm³/mol. The summed E-state index contributed by atoms with van der Waals surface area (Å²) < 4.78 is 13.2. The molecule has 2 nitrogen and oxygen atoms in total. The number of hydrogen-bond acceptors (Lipinski definition) is 2. The zero-order valence-corrected chi connectivity index (χ0v) is 12.5. The van der Waals surface area contributed by atoms with Crippen molar-refractivity contribution < 1.29 is 9.18 Å². The summed E-state index contributed by atoms with van der Waals surface area (Å²) in [5.41, 5.74) is 7.93. The topological polar surface area (TPSA) is 43.1 Å². The van der Waals surface area contributed by atoms with Crippen LogP contribution < -0.4 is 5.73 Å². The van der Waals surface area contributed by atoms with Gasteiger partial charge in [0.15, 0.2) is 0 Å². The molecule has 0 amide bonds. The lowest BCUT2D eigenvalue weighted by molar-refractivity contribution is -0.118. The molecule has 1 unspecified atom stereocenters. The Bertz CT molecular complexity index is 640. The third-order valence-electron chi connectivity index (χ3n) is 3.43. The van der Waals surface area contributed by atoms with Crippen LogP contribution in [0.2, 0.25) is 5.02 Å². The fourth-order valence-electron chi connectivity index (χ4n) is 2.25. The van der Waals surface area contributed by atoms with Crippen molar-refractivity contribution >= 4 is 23.1 Å². The summed E-state index contributed by atoms with van der Waals surface area (Å²) in [7, 11) is 0. The van der Waals surface area contributed by atoms with E-state index in [2.05, 4.69) is 0 Å². The van der Waals surface area contributed by atoms with Crippen LogP contribution in [-0.2, 0) is 11.2 Å². The molecule has 21 heavy (non-hydrogen) atoms. The summed E-state index contributed by atoms with van der Waals surface area (Å²) >= 11 is 5.98. The Morgan fingerprint density at radius 3 is 2.57 bits per heavy atom. The summed E-state index contributed by atoms with van der Waals surface area (Å²) in [6, 6.07) is 11.6. The first-order valence-electron chi connectivity index (χ1n) is 6.77. The van der Waals surface area contributed by atoms with E-state index >= 15 is 0 Å². The normalized spacial score (nSPS) is 12.1. The maximum absolute atomic E-state index is 13.2. The average molecular weight is 306 g/mol. The molecule has 2 aromatic rings. The first kappa shape index (κ1) is 15.5. The largest absolute Gasteiger partial charge is 0.399 e. The molecule has 0 fully saturated rings. The quantitative estimate of drug-likeness (QED) is 0.834. The van der Waals surface area contributed by atoms with Gasteiger partial charge in [0.2, 0.25) is 0 Å². The highest BCUT2D eigenvalue weighted by molar-refractivity contribution is 6.31. The molecule has 0 heterocycles. The second kappa shape index (κ2) is 6.72. The fourth-order valence-corrected chi connectivity index (χ4v) is 2.43. The van der Waals surface area contributed by atoms with E-state index in [0.717, 1.165) is 5.56 Å². The Morgan fingerprint density at radius 2 is 1.90 bits per heavy atom. The van der Waals surface area contributed by atoms with Gasteiger partial charge in [0, 0.05) is 23.6 Å². The highest BCUT2D eigenvalue weighted by Gasteiger charge is 2.13. The SMILES string of the molecule is CC(CC(=O)Cc1cc(F)ccc1Cl)c1ccc(N)cc1. The lowest BCUT2D eigenvalue weighted by Gasteiger charge is -2.12. The van der Waals surface area contributed by atoms with Crippen LogP contribution in [0.5, 0.6) is 0 Å². The van der Waals surface area contributed by atoms with Crippen LogP contribution in [0.1, 0.15) is 30.4 Å². The van der Waals surface area contributed by atoms with Crippen LogP contribution in [0.3, 0.4) is 0 Å². The molecule has 0 saturated carbocycles. The zero-order chi connectivity index (χ0) is 15.4. The van der Waals surface area contributed by atoms with Crippen LogP contribution in [0.25, 0.3) is 0 Å². The van der Waals surface area contributed by atoms with Crippen LogP contribution in [0.4, 0.5) is 10.1 Å². The molecule has 0 aromatic heterocycles. The predicted octanol–water partition coefficient (Wildman–Crippen LogP) is 4.37. The summed E-state index contributed by atoms with van der Waals surface area (Å²) in [6.45, 7) is 1.98. The molecule has 0 saturated heterocycles. The van der Waals surface area contributed by atoms with E-state index in [1.54, 1.807) is 0 Å². The summed E-state index contributed by atoms with van der Waals surface area (Å²) in [6.07, 6.45) is 0.534. The molecular weight excluding hydrogens is 289 g/mol. The van der Waals surface area contributed by atoms with E-state index in [4.69, 9.17) is 17.3 Å². The van der Waals surface area contributed by atoms with Gasteiger partial charge in [-0.05, 0) is 47.4 Å². The number of Topliss-reactive ketones (excluding diaryl/α,β-unsaturated/α-hetero) is 1. The van der Waals surface area contributed by atoms with Crippen LogP contribution in [-0.4, -0.2) is 5.78 Å². The van der Waals surface area contributed by atoms with Crippen LogP contribution in [0.15, 0.2) is 42.5 Å². The maximum atomic E-state index is 13.2. The first-order valence-corrected chi connectivity index (χ1v) is 7.14. The molecule has 0 bridgehead atoms. The molecule has 4 heteroatoms. The Hall–Kier alpha value is -1.87. The van der Waals surface area contributed by atoms with Gasteiger partial charge >= 0.3 is 0 Å². The van der Waals surface area contributed by atoms with E-state index in [1.807, 2.05) is 31.2 Å². The van der Waals surface area contributed by atoms with E-state index in [1.165, 1.54) is 18.2 Å². The van der Waals surface area contributed by atoms with Gasteiger partial charge in [-0.3, -0.25) is 4.79 Å². The summed E-state index contributed by atoms with van der Waals surface area (Å²) in [4.78, 5) is 12.1. The van der Waals surface area contributed by atoms with E-state index in [-0.39, 0.29) is 23.9 Å². The molecule has 2 N–H and O–H groups in total. The van der Waals surface area contributed by atoms with Gasteiger partial charge in [0.1, 0.15) is 11.6 Å². The number of rotatable bonds is 5. The molecule has 0 spiro atoms. The lowest BCUT2D eigenvalue weighted by Crippen LogP contribution is -2.08. The van der Waals surface area contributed by atoms with Crippen molar-refractivity contribution in [3.05, 3.63) is 64.4 Å². The minimum absolute atomic E-state index is 0.0341. The maximum Gasteiger partial charge on any atom is 0.137 e. The van der Waals surface area contributed by atoms with Crippen molar-refractivity contribution in [2.45, 2.75) is 25.7 Å². The minimum Gasteiger partial charge on any atom is -0.399 e. The van der Waals surface area contributed by atoms with Crippen molar-refractivity contribution in [2.75, 3.05) is 5.73 Å². The van der Waals surface area contributed by atoms with Crippen molar-refractivity contribution in [1.82, 2.24) is 0 Å². The third kappa shape index (κ3) is 4.30. The summed E-state index contributed by atoms with van der Waals surface area (Å²) in [5.74, 6) is -0.258.